The van der Waals surface area contributed by atoms with Gasteiger partial charge in [0.2, 0.25) is 0 Å². The Kier molecular flexibility index (Phi) is 25.2. The van der Waals surface area contributed by atoms with Gasteiger partial charge in [-0.15, -0.1) is 0 Å². The van der Waals surface area contributed by atoms with E-state index in [-0.39, 0.29) is 63.3 Å². The SMILES string of the molecule is C[Si](C)(C)[N]([Ge][N]([Si](C)(C)C)[Si](C)(C)C)[Si](C)(C)C.[Pd+2].[SH-].[SH-].c1ccc([PH+](c2ccccc2)c2ccccc2)cc1.c1ccc([PH+](c2ccccc2)c2ccccc2)cc1. The van der Waals surface area contributed by atoms with Crippen LogP contribution in [0.3, 0.4) is 0 Å². The third-order valence-electron chi connectivity index (χ3n) is 9.26. The standard InChI is InChI=1S/2C18H15P.C12H36GeN2Si4.Pd.2H2S/c2*1-4-10-16(11-5-1)19(17-12-6-2-7-13-17)18-14-8-3-9-15-18;1-16(2,3)14(17(4,5)6)13-15(18(7,8)9)19(10,11)12;;;/h2*1-15H;1-12H3;;2*1H2/q;;;+2;;. The molecule has 0 atom stereocenters. The summed E-state index contributed by atoms with van der Waals surface area (Å²) in [4.78, 5) is 0. The second-order valence-corrected chi connectivity index (χ2v) is 49.5. The molecule has 0 unspecified atom stereocenters. The largest absolute Gasteiger partial charge is 2.00 e. The molecular weight excluding hydrogens is 1020 g/mol. The summed E-state index contributed by atoms with van der Waals surface area (Å²) in [6, 6.07) is 65.0. The molecule has 0 aliphatic rings. The van der Waals surface area contributed by atoms with Crippen molar-refractivity contribution in [3.63, 3.8) is 0 Å². The molecule has 0 amide bonds. The van der Waals surface area contributed by atoms with Gasteiger partial charge in [-0.05, 0) is 72.8 Å². The van der Waals surface area contributed by atoms with E-state index >= 15 is 0 Å². The van der Waals surface area contributed by atoms with Crippen molar-refractivity contribution in [1.29, 1.82) is 0 Å². The first-order valence-electron chi connectivity index (χ1n) is 20.3. The molecule has 2 nitrogen and oxygen atoms in total. The van der Waals surface area contributed by atoms with Crippen molar-refractivity contribution < 1.29 is 20.4 Å². The van der Waals surface area contributed by atoms with Crippen LogP contribution in [0, 0.1) is 0 Å². The molecule has 6 aromatic carbocycles. The Morgan fingerprint density at radius 2 is 0.417 bits per heavy atom. The van der Waals surface area contributed by atoms with Gasteiger partial charge in [-0.3, -0.25) is 0 Å². The van der Waals surface area contributed by atoms with E-state index in [0.717, 1.165) is 0 Å². The zero-order chi connectivity index (χ0) is 41.7. The second-order valence-electron chi connectivity index (χ2n) is 18.4. The van der Waals surface area contributed by atoms with Crippen LogP contribution in [0.4, 0.5) is 0 Å². The molecule has 0 saturated heterocycles. The molecular formula is C48H70GeN2P2PdS2Si4+2. The van der Waals surface area contributed by atoms with E-state index in [1.807, 2.05) is 0 Å². The molecule has 12 heteroatoms. The minimum absolute atomic E-state index is 0. The zero-order valence-corrected chi connectivity index (χ0v) is 49.4. The number of thiol groups is 2. The number of nitrogens with zero attached hydrogens (tertiary/aromatic N) is 2. The van der Waals surface area contributed by atoms with Crippen LogP contribution in [0.5, 0.6) is 0 Å². The van der Waals surface area contributed by atoms with E-state index in [2.05, 4.69) is 267 Å². The van der Waals surface area contributed by atoms with Crippen molar-refractivity contribution in [2.45, 2.75) is 78.6 Å². The third kappa shape index (κ3) is 18.2. The van der Waals surface area contributed by atoms with Crippen molar-refractivity contribution in [2.24, 2.45) is 0 Å². The molecule has 6 aromatic rings. The maximum absolute atomic E-state index is 3.07. The molecule has 0 aliphatic heterocycles. The maximum atomic E-state index is 3.07. The van der Waals surface area contributed by atoms with Gasteiger partial charge in [-0.25, -0.2) is 0 Å². The summed E-state index contributed by atoms with van der Waals surface area (Å²) < 4.78 is 6.13. The molecule has 2 radical (unpaired) electrons. The summed E-state index contributed by atoms with van der Waals surface area (Å²) in [7, 11) is -6.51. The van der Waals surface area contributed by atoms with Crippen LogP contribution < -0.4 is 31.8 Å². The molecule has 0 bridgehead atoms. The van der Waals surface area contributed by atoms with E-state index < -0.39 is 48.8 Å². The van der Waals surface area contributed by atoms with Gasteiger partial charge in [0.25, 0.3) is 0 Å². The molecule has 0 fully saturated rings. The summed E-state index contributed by atoms with van der Waals surface area (Å²) in [5.74, 6) is 0. The first-order chi connectivity index (χ1) is 26.9. The molecule has 60 heavy (non-hydrogen) atoms. The summed E-state index contributed by atoms with van der Waals surface area (Å²) in [5.41, 5.74) is 0. The second kappa shape index (κ2) is 26.6. The van der Waals surface area contributed by atoms with E-state index in [1.54, 1.807) is 0 Å². The van der Waals surface area contributed by atoms with Crippen molar-refractivity contribution >= 4 is 123 Å². The van der Waals surface area contributed by atoms with Crippen LogP contribution >= 0.6 is 15.8 Å². The van der Waals surface area contributed by atoms with Crippen LogP contribution in [-0.4, -0.2) is 55.2 Å². The topological polar surface area (TPSA) is 6.48 Å². The molecule has 0 saturated carbocycles. The van der Waals surface area contributed by atoms with Crippen LogP contribution in [0.25, 0.3) is 0 Å². The van der Waals surface area contributed by atoms with Crippen molar-refractivity contribution in [2.75, 3.05) is 0 Å². The molecule has 0 N–H and O–H groups in total. The fourth-order valence-corrected chi connectivity index (χ4v) is 41.9. The maximum Gasteiger partial charge on any atom is 2.00 e. The summed E-state index contributed by atoms with van der Waals surface area (Å²) in [5, 5.41) is 8.61. The molecule has 0 spiro atoms. The zero-order valence-electron chi connectivity index (χ0n) is 37.9. The van der Waals surface area contributed by atoms with E-state index in [4.69, 9.17) is 0 Å². The number of hydrogen-bond acceptors (Lipinski definition) is 4. The average Bonchev–Trinajstić information content (AvgIpc) is 3.16. The van der Waals surface area contributed by atoms with Crippen LogP contribution in [0.15, 0.2) is 182 Å². The minimum Gasteiger partial charge on any atom is -0.813 e. The first-order valence-corrected chi connectivity index (χ1v) is 39.0. The smallest absolute Gasteiger partial charge is 0.813 e. The van der Waals surface area contributed by atoms with Crippen LogP contribution in [-0.2, 0) is 47.4 Å². The Morgan fingerprint density at radius 3 is 0.533 bits per heavy atom. The quantitative estimate of drug-likeness (QED) is 0.0521. The summed E-state index contributed by atoms with van der Waals surface area (Å²) in [6.45, 7) is 30.5. The Balaban J connectivity index is 0.000000439. The van der Waals surface area contributed by atoms with Crippen molar-refractivity contribution in [3.8, 4) is 0 Å². The minimum atomic E-state index is -1.19. The predicted molar refractivity (Wildman–Crippen MR) is 293 cm³/mol. The number of benzene rings is 6. The van der Waals surface area contributed by atoms with Gasteiger partial charge < -0.3 is 27.0 Å². The molecule has 0 heterocycles. The van der Waals surface area contributed by atoms with Crippen LogP contribution in [0.1, 0.15) is 0 Å². The van der Waals surface area contributed by atoms with Gasteiger partial charge in [0.1, 0.15) is 31.8 Å². The molecule has 0 aromatic heterocycles. The molecule has 322 valence electrons. The molecule has 6 rings (SSSR count). The Morgan fingerprint density at radius 1 is 0.283 bits per heavy atom. The number of rotatable bonds is 12. The predicted octanol–water partition coefficient (Wildman–Crippen LogP) is 10.3. The van der Waals surface area contributed by atoms with Gasteiger partial charge in [0.05, 0.1) is 15.8 Å². The summed E-state index contributed by atoms with van der Waals surface area (Å²) >= 11 is -0.114. The van der Waals surface area contributed by atoms with Gasteiger partial charge in [-0.1, -0.05) is 109 Å². The number of hydrogen-bond donors (Lipinski definition) is 0. The normalized spacial score (nSPS) is 11.6. The Hall–Kier alpha value is -1.13. The summed E-state index contributed by atoms with van der Waals surface area (Å²) in [6.07, 6.45) is 0. The molecule has 0 aliphatic carbocycles. The van der Waals surface area contributed by atoms with Crippen molar-refractivity contribution in [3.05, 3.63) is 182 Å². The van der Waals surface area contributed by atoms with Gasteiger partial charge in [-0.2, -0.15) is 0 Å². The van der Waals surface area contributed by atoms with E-state index in [9.17, 15) is 0 Å². The Bertz CT molecular complexity index is 1660. The fraction of sp³-hybridized carbons (Fsp3) is 0.250. The van der Waals surface area contributed by atoms with Gasteiger partial charge >= 0.3 is 154 Å². The monoisotopic (exact) mass is 1090 g/mol. The van der Waals surface area contributed by atoms with E-state index in [0.29, 0.717) is 0 Å². The average molecular weight is 1090 g/mol. The fourth-order valence-electron chi connectivity index (χ4n) is 7.34. The van der Waals surface area contributed by atoms with Gasteiger partial charge in [0.15, 0.2) is 0 Å². The van der Waals surface area contributed by atoms with Gasteiger partial charge in [0, 0.05) is 0 Å². The Labute approximate surface area is 407 Å². The first kappa shape index (κ1) is 56.9. The third-order valence-corrected chi connectivity index (χ3v) is 47.9. The van der Waals surface area contributed by atoms with Crippen molar-refractivity contribution in [1.82, 2.24) is 6.38 Å². The van der Waals surface area contributed by atoms with Crippen LogP contribution in [0.2, 0.25) is 78.6 Å². The van der Waals surface area contributed by atoms with E-state index in [1.165, 1.54) is 31.8 Å².